The molecule has 3 N–H and O–H groups in total. The van der Waals surface area contributed by atoms with E-state index in [1.54, 1.807) is 14.2 Å². The van der Waals surface area contributed by atoms with Crippen LogP contribution in [0, 0.1) is 0 Å². The molecular formula is C12H19ClN2O2. The van der Waals surface area contributed by atoms with Crippen LogP contribution in [0.2, 0.25) is 5.02 Å². The van der Waals surface area contributed by atoms with Gasteiger partial charge in [0.05, 0.1) is 19.2 Å². The normalized spacial score (nSPS) is 12.3. The summed E-state index contributed by atoms with van der Waals surface area (Å²) in [5, 5.41) is 3.82. The van der Waals surface area contributed by atoms with Crippen LogP contribution in [-0.4, -0.2) is 27.3 Å². The summed E-state index contributed by atoms with van der Waals surface area (Å²) in [6, 6.07) is 3.76. The average molecular weight is 259 g/mol. The van der Waals surface area contributed by atoms with Gasteiger partial charge in [0, 0.05) is 12.6 Å². The molecule has 0 aromatic heterocycles. The second-order valence-corrected chi connectivity index (χ2v) is 3.93. The maximum Gasteiger partial charge on any atom is 0.179 e. The van der Waals surface area contributed by atoms with Crippen molar-refractivity contribution in [1.29, 1.82) is 0 Å². The highest BCUT2D eigenvalue weighted by Crippen LogP contribution is 2.39. The van der Waals surface area contributed by atoms with Gasteiger partial charge in [0.1, 0.15) is 0 Å². The topological polar surface area (TPSA) is 56.5 Å². The van der Waals surface area contributed by atoms with E-state index in [4.69, 9.17) is 26.8 Å². The fraction of sp³-hybridized carbons (Fsp3) is 0.500. The molecule has 0 aliphatic rings. The Hall–Kier alpha value is -0.970. The van der Waals surface area contributed by atoms with Gasteiger partial charge in [-0.05, 0) is 18.2 Å². The van der Waals surface area contributed by atoms with Crippen molar-refractivity contribution in [2.24, 2.45) is 5.73 Å². The number of benzene rings is 1. The molecule has 5 heteroatoms. The molecule has 0 saturated carbocycles. The summed E-state index contributed by atoms with van der Waals surface area (Å²) < 4.78 is 10.4. The van der Waals surface area contributed by atoms with E-state index in [0.717, 1.165) is 12.1 Å². The van der Waals surface area contributed by atoms with Crippen LogP contribution in [0.25, 0.3) is 0 Å². The van der Waals surface area contributed by atoms with E-state index in [1.807, 2.05) is 19.1 Å². The zero-order valence-corrected chi connectivity index (χ0v) is 11.2. The number of nitrogens with one attached hydrogen (secondary N) is 1. The van der Waals surface area contributed by atoms with E-state index in [1.165, 1.54) is 0 Å². The van der Waals surface area contributed by atoms with Crippen molar-refractivity contribution in [3.63, 3.8) is 0 Å². The van der Waals surface area contributed by atoms with Gasteiger partial charge in [0.15, 0.2) is 11.5 Å². The third kappa shape index (κ3) is 3.03. The molecule has 1 atom stereocenters. The number of nitrogens with two attached hydrogens (primary N) is 1. The van der Waals surface area contributed by atoms with E-state index in [9.17, 15) is 0 Å². The molecule has 0 aliphatic carbocycles. The van der Waals surface area contributed by atoms with Gasteiger partial charge in [0.2, 0.25) is 0 Å². The van der Waals surface area contributed by atoms with Gasteiger partial charge in [-0.1, -0.05) is 24.6 Å². The highest BCUT2D eigenvalue weighted by molar-refractivity contribution is 6.33. The number of rotatable bonds is 6. The number of likely N-dealkylation sites (N-methyl/N-ethyl adjacent to an activating group) is 1. The number of hydrogen-bond acceptors (Lipinski definition) is 4. The van der Waals surface area contributed by atoms with Crippen LogP contribution >= 0.6 is 11.6 Å². The Morgan fingerprint density at radius 1 is 1.35 bits per heavy atom. The Kier molecular flexibility index (Phi) is 5.55. The predicted octanol–water partition coefficient (Wildman–Crippen LogP) is 1.97. The van der Waals surface area contributed by atoms with Gasteiger partial charge < -0.3 is 20.5 Å². The Labute approximate surface area is 107 Å². The van der Waals surface area contributed by atoms with Crippen LogP contribution in [0.4, 0.5) is 0 Å². The highest BCUT2D eigenvalue weighted by Gasteiger charge is 2.18. The van der Waals surface area contributed by atoms with Crippen molar-refractivity contribution in [3.05, 3.63) is 22.7 Å². The van der Waals surface area contributed by atoms with E-state index in [-0.39, 0.29) is 6.04 Å². The monoisotopic (exact) mass is 258 g/mol. The molecule has 1 aromatic carbocycles. The Morgan fingerprint density at radius 2 is 2.06 bits per heavy atom. The van der Waals surface area contributed by atoms with Gasteiger partial charge in [-0.15, -0.1) is 0 Å². The smallest absolute Gasteiger partial charge is 0.179 e. The lowest BCUT2D eigenvalue weighted by Gasteiger charge is -2.20. The van der Waals surface area contributed by atoms with Crippen LogP contribution in [0.15, 0.2) is 12.1 Å². The molecule has 0 bridgehead atoms. The molecule has 0 heterocycles. The predicted molar refractivity (Wildman–Crippen MR) is 70.0 cm³/mol. The summed E-state index contributed by atoms with van der Waals surface area (Å²) in [5.41, 5.74) is 6.65. The fourth-order valence-electron chi connectivity index (χ4n) is 1.74. The van der Waals surface area contributed by atoms with Crippen molar-refractivity contribution < 1.29 is 9.47 Å². The Balaban J connectivity index is 3.16. The minimum Gasteiger partial charge on any atom is -0.493 e. The molecule has 4 nitrogen and oxygen atoms in total. The van der Waals surface area contributed by atoms with Crippen molar-refractivity contribution in [3.8, 4) is 11.5 Å². The van der Waals surface area contributed by atoms with Crippen molar-refractivity contribution in [1.82, 2.24) is 5.32 Å². The summed E-state index contributed by atoms with van der Waals surface area (Å²) in [6.07, 6.45) is 0. The van der Waals surface area contributed by atoms with Gasteiger partial charge in [-0.2, -0.15) is 0 Å². The van der Waals surface area contributed by atoms with Crippen LogP contribution < -0.4 is 20.5 Å². The zero-order chi connectivity index (χ0) is 12.8. The Bertz CT molecular complexity index is 372. The summed E-state index contributed by atoms with van der Waals surface area (Å²) in [5.74, 6) is 1.16. The first kappa shape index (κ1) is 14.1. The third-order valence-corrected chi connectivity index (χ3v) is 2.97. The summed E-state index contributed by atoms with van der Waals surface area (Å²) >= 11 is 6.30. The molecule has 96 valence electrons. The van der Waals surface area contributed by atoms with Gasteiger partial charge >= 0.3 is 0 Å². The number of halogens is 1. The summed E-state index contributed by atoms with van der Waals surface area (Å²) in [7, 11) is 3.15. The quantitative estimate of drug-likeness (QED) is 0.819. The zero-order valence-electron chi connectivity index (χ0n) is 10.4. The first-order chi connectivity index (χ1) is 8.19. The van der Waals surface area contributed by atoms with Gasteiger partial charge in [0.25, 0.3) is 0 Å². The van der Waals surface area contributed by atoms with Crippen molar-refractivity contribution in [2.75, 3.05) is 27.3 Å². The molecule has 1 unspecified atom stereocenters. The minimum atomic E-state index is 0.0207. The average Bonchev–Trinajstić information content (AvgIpc) is 2.36. The lowest BCUT2D eigenvalue weighted by molar-refractivity contribution is 0.354. The van der Waals surface area contributed by atoms with E-state index >= 15 is 0 Å². The second-order valence-electron chi connectivity index (χ2n) is 3.55. The molecule has 0 aliphatic heterocycles. The maximum absolute atomic E-state index is 6.30. The van der Waals surface area contributed by atoms with Gasteiger partial charge in [-0.25, -0.2) is 0 Å². The summed E-state index contributed by atoms with van der Waals surface area (Å²) in [4.78, 5) is 0. The van der Waals surface area contributed by atoms with Crippen LogP contribution in [0.3, 0.4) is 0 Å². The molecule has 1 rings (SSSR count). The standard InChI is InChI=1S/C12H19ClN2O2/c1-4-15-9(7-14)8-5-6-10(16-2)12(17-3)11(8)13/h5-6,9,15H,4,7,14H2,1-3H3. The SMILES string of the molecule is CCNC(CN)c1ccc(OC)c(OC)c1Cl. The van der Waals surface area contributed by atoms with E-state index in [2.05, 4.69) is 5.32 Å². The van der Waals surface area contributed by atoms with Crippen molar-refractivity contribution in [2.45, 2.75) is 13.0 Å². The molecule has 0 saturated heterocycles. The molecule has 17 heavy (non-hydrogen) atoms. The first-order valence-electron chi connectivity index (χ1n) is 5.53. The molecule has 0 amide bonds. The highest BCUT2D eigenvalue weighted by atomic mass is 35.5. The van der Waals surface area contributed by atoms with Crippen LogP contribution in [0.1, 0.15) is 18.5 Å². The molecule has 0 spiro atoms. The molecule has 0 fully saturated rings. The first-order valence-corrected chi connectivity index (χ1v) is 5.91. The van der Waals surface area contributed by atoms with E-state index < -0.39 is 0 Å². The lowest BCUT2D eigenvalue weighted by Crippen LogP contribution is -2.28. The van der Waals surface area contributed by atoms with E-state index in [0.29, 0.717) is 23.1 Å². The third-order valence-electron chi connectivity index (χ3n) is 2.58. The lowest BCUT2D eigenvalue weighted by atomic mass is 10.1. The van der Waals surface area contributed by atoms with Crippen LogP contribution in [-0.2, 0) is 0 Å². The maximum atomic E-state index is 6.30. The minimum absolute atomic E-state index is 0.0207. The fourth-order valence-corrected chi connectivity index (χ4v) is 2.11. The largest absolute Gasteiger partial charge is 0.493 e. The molecular weight excluding hydrogens is 240 g/mol. The summed E-state index contributed by atoms with van der Waals surface area (Å²) in [6.45, 7) is 3.33. The van der Waals surface area contributed by atoms with Crippen molar-refractivity contribution >= 4 is 11.6 Å². The van der Waals surface area contributed by atoms with Crippen LogP contribution in [0.5, 0.6) is 11.5 Å². The Morgan fingerprint density at radius 3 is 2.53 bits per heavy atom. The number of hydrogen-bond donors (Lipinski definition) is 2. The molecule has 0 radical (unpaired) electrons. The number of methoxy groups -OCH3 is 2. The second kappa shape index (κ2) is 6.69. The number of ether oxygens (including phenoxy) is 2. The van der Waals surface area contributed by atoms with Gasteiger partial charge in [-0.3, -0.25) is 0 Å². The molecule has 1 aromatic rings.